The van der Waals surface area contributed by atoms with Crippen molar-refractivity contribution in [2.75, 3.05) is 13.2 Å². The topological polar surface area (TPSA) is 78.4 Å². The number of unbranched alkanes of at least 4 members (excludes halogenated alkanes) is 21. The number of hydrogen-bond donors (Lipinski definition) is 0. The molecule has 2 heterocycles. The van der Waals surface area contributed by atoms with Crippen LogP contribution < -0.4 is 0 Å². The zero-order valence-corrected chi connectivity index (χ0v) is 29.8. The molecule has 0 N–H and O–H groups in total. The molecule has 48 heavy (non-hydrogen) atoms. The van der Waals surface area contributed by atoms with Gasteiger partial charge in [0.1, 0.15) is 0 Å². The first-order chi connectivity index (χ1) is 23.8. The highest BCUT2D eigenvalue weighted by Crippen LogP contribution is 2.13. The van der Waals surface area contributed by atoms with Gasteiger partial charge < -0.3 is 9.47 Å². The molecule has 0 bridgehead atoms. The number of nitrogens with zero attached hydrogens (tertiary/aromatic N) is 2. The lowest BCUT2D eigenvalue weighted by Crippen LogP contribution is -2.06. The van der Waals surface area contributed by atoms with E-state index in [2.05, 4.69) is 34.3 Å². The first kappa shape index (κ1) is 40.9. The van der Waals surface area contributed by atoms with Crippen molar-refractivity contribution in [1.82, 2.24) is 9.97 Å². The Hall–Kier alpha value is -3.28. The van der Waals surface area contributed by atoms with Crippen LogP contribution in [0, 0.1) is 0 Å². The maximum Gasteiger partial charge on any atom is 0.338 e. The van der Waals surface area contributed by atoms with E-state index >= 15 is 0 Å². The average Bonchev–Trinajstić information content (AvgIpc) is 3.12. The zero-order valence-electron chi connectivity index (χ0n) is 29.8. The van der Waals surface area contributed by atoms with E-state index in [4.69, 9.17) is 9.47 Å². The van der Waals surface area contributed by atoms with Crippen LogP contribution in [0.5, 0.6) is 0 Å². The number of carbonyl (C=O) groups is 2. The van der Waals surface area contributed by atoms with E-state index in [9.17, 15) is 9.59 Å². The van der Waals surface area contributed by atoms with E-state index in [1.54, 1.807) is 49.1 Å². The fourth-order valence-electron chi connectivity index (χ4n) is 5.67. The first-order valence-corrected chi connectivity index (χ1v) is 19.2. The zero-order chi connectivity index (χ0) is 34.0. The molecular weight excluding hydrogens is 596 g/mol. The Morgan fingerprint density at radius 2 is 0.646 bits per heavy atom. The number of ether oxygens (including phenoxy) is 2. The molecule has 2 aromatic heterocycles. The van der Waals surface area contributed by atoms with Crippen molar-refractivity contribution in [3.63, 3.8) is 0 Å². The van der Waals surface area contributed by atoms with E-state index < -0.39 is 0 Å². The molecule has 2 rings (SSSR count). The lowest BCUT2D eigenvalue weighted by Gasteiger charge is -2.05. The molecule has 0 radical (unpaired) electrons. The summed E-state index contributed by atoms with van der Waals surface area (Å²) in [6.07, 6.45) is 46.0. The van der Waals surface area contributed by atoms with Crippen molar-refractivity contribution in [1.29, 1.82) is 0 Å². The van der Waals surface area contributed by atoms with Crippen LogP contribution in [0.4, 0.5) is 0 Å². The molecule has 0 unspecified atom stereocenters. The number of aromatic nitrogens is 2. The Morgan fingerprint density at radius 1 is 0.396 bits per heavy atom. The molecule has 6 nitrogen and oxygen atoms in total. The second-order valence-electron chi connectivity index (χ2n) is 12.9. The molecule has 0 amide bonds. The summed E-state index contributed by atoms with van der Waals surface area (Å²) in [4.78, 5) is 31.6. The van der Waals surface area contributed by atoms with Crippen LogP contribution in [0.3, 0.4) is 0 Å². The number of rotatable bonds is 31. The van der Waals surface area contributed by atoms with Crippen molar-refractivity contribution >= 4 is 11.9 Å². The van der Waals surface area contributed by atoms with Crippen LogP contribution in [0.25, 0.3) is 0 Å². The SMILES string of the molecule is O=C(OCCCCCCCCCC/C=C/CCCCCC/C=C/CCCCCCCCCCOC(=O)c1ccncc1)c1ccncc1. The number of carbonyl (C=O) groups excluding carboxylic acids is 2. The third kappa shape index (κ3) is 23.9. The van der Waals surface area contributed by atoms with Crippen LogP contribution in [-0.4, -0.2) is 35.1 Å². The van der Waals surface area contributed by atoms with Gasteiger partial charge in [-0.15, -0.1) is 0 Å². The monoisotopic (exact) mass is 660 g/mol. The molecule has 0 saturated carbocycles. The van der Waals surface area contributed by atoms with Crippen LogP contribution in [0.2, 0.25) is 0 Å². The maximum absolute atomic E-state index is 11.9. The highest BCUT2D eigenvalue weighted by atomic mass is 16.5. The van der Waals surface area contributed by atoms with Gasteiger partial charge in [-0.1, -0.05) is 114 Å². The van der Waals surface area contributed by atoms with Gasteiger partial charge in [0.25, 0.3) is 0 Å². The van der Waals surface area contributed by atoms with Gasteiger partial charge in [0, 0.05) is 24.8 Å². The second kappa shape index (κ2) is 31.0. The quantitative estimate of drug-likeness (QED) is 0.0455. The molecule has 0 aliphatic rings. The predicted molar refractivity (Wildman–Crippen MR) is 198 cm³/mol. The summed E-state index contributed by atoms with van der Waals surface area (Å²) in [6, 6.07) is 6.75. The molecule has 2 aromatic rings. The normalized spacial score (nSPS) is 11.4. The Kier molecular flexibility index (Phi) is 26.4. The van der Waals surface area contributed by atoms with Crippen LogP contribution >= 0.6 is 0 Å². The van der Waals surface area contributed by atoms with Gasteiger partial charge in [-0.25, -0.2) is 9.59 Å². The Labute approximate surface area is 292 Å². The molecule has 0 aliphatic heterocycles. The van der Waals surface area contributed by atoms with E-state index in [1.165, 1.54) is 128 Å². The maximum atomic E-state index is 11.9. The van der Waals surface area contributed by atoms with Gasteiger partial charge in [-0.05, 0) is 88.5 Å². The van der Waals surface area contributed by atoms with Gasteiger partial charge >= 0.3 is 11.9 Å². The predicted octanol–water partition coefficient (Wildman–Crippen LogP) is 12.0. The number of pyridine rings is 2. The first-order valence-electron chi connectivity index (χ1n) is 19.2. The number of hydrogen-bond acceptors (Lipinski definition) is 6. The molecular formula is C42H64N2O4. The van der Waals surface area contributed by atoms with Crippen molar-refractivity contribution in [2.45, 2.75) is 154 Å². The molecule has 6 heteroatoms. The van der Waals surface area contributed by atoms with Gasteiger partial charge in [0.15, 0.2) is 0 Å². The van der Waals surface area contributed by atoms with Crippen molar-refractivity contribution in [3.8, 4) is 0 Å². The standard InChI is InChI=1S/C42H64N2O4/c45-41(39-29-33-43-34-30-39)47-37-27-25-23-21-19-17-15-13-11-9-7-5-3-1-2-4-6-8-10-12-14-16-18-20-22-24-26-28-38-48-42(46)40-31-35-44-36-32-40/h7-10,29-36H,1-6,11-28,37-38H2/b9-7+,10-8+. The molecule has 0 aliphatic carbocycles. The van der Waals surface area contributed by atoms with Gasteiger partial charge in [0.2, 0.25) is 0 Å². The molecule has 0 atom stereocenters. The molecule has 0 spiro atoms. The number of allylic oxidation sites excluding steroid dienone is 4. The van der Waals surface area contributed by atoms with E-state index in [0.717, 1.165) is 25.7 Å². The average molecular weight is 661 g/mol. The second-order valence-corrected chi connectivity index (χ2v) is 12.9. The minimum atomic E-state index is -0.249. The third-order valence-corrected chi connectivity index (χ3v) is 8.65. The van der Waals surface area contributed by atoms with Crippen LogP contribution in [-0.2, 0) is 9.47 Å². The Bertz CT molecular complexity index is 1000. The summed E-state index contributed by atoms with van der Waals surface area (Å²) in [7, 11) is 0. The van der Waals surface area contributed by atoms with Crippen LogP contribution in [0.15, 0.2) is 73.4 Å². The van der Waals surface area contributed by atoms with E-state index in [1.807, 2.05) is 0 Å². The third-order valence-electron chi connectivity index (χ3n) is 8.65. The van der Waals surface area contributed by atoms with E-state index in [0.29, 0.717) is 24.3 Å². The lowest BCUT2D eigenvalue weighted by atomic mass is 10.1. The molecule has 0 saturated heterocycles. The van der Waals surface area contributed by atoms with Crippen molar-refractivity contribution in [3.05, 3.63) is 84.5 Å². The highest BCUT2D eigenvalue weighted by molar-refractivity contribution is 5.89. The highest BCUT2D eigenvalue weighted by Gasteiger charge is 2.06. The summed E-state index contributed by atoms with van der Waals surface area (Å²) in [5.41, 5.74) is 1.15. The number of esters is 2. The minimum Gasteiger partial charge on any atom is -0.462 e. The molecule has 0 aromatic carbocycles. The molecule has 266 valence electrons. The van der Waals surface area contributed by atoms with Crippen molar-refractivity contribution in [2.24, 2.45) is 0 Å². The van der Waals surface area contributed by atoms with Crippen LogP contribution in [0.1, 0.15) is 175 Å². The van der Waals surface area contributed by atoms with Crippen molar-refractivity contribution < 1.29 is 19.1 Å². The summed E-state index contributed by atoms with van der Waals surface area (Å²) in [5, 5.41) is 0. The smallest absolute Gasteiger partial charge is 0.338 e. The summed E-state index contributed by atoms with van der Waals surface area (Å²) in [6.45, 7) is 1.02. The summed E-state index contributed by atoms with van der Waals surface area (Å²) in [5.74, 6) is -0.498. The Balaban J connectivity index is 1.20. The van der Waals surface area contributed by atoms with Gasteiger partial charge in [-0.3, -0.25) is 9.97 Å². The Morgan fingerprint density at radius 3 is 0.938 bits per heavy atom. The minimum absolute atomic E-state index is 0.249. The van der Waals surface area contributed by atoms with Gasteiger partial charge in [-0.2, -0.15) is 0 Å². The lowest BCUT2D eigenvalue weighted by molar-refractivity contribution is 0.0488. The van der Waals surface area contributed by atoms with E-state index in [-0.39, 0.29) is 11.9 Å². The molecule has 0 fully saturated rings. The van der Waals surface area contributed by atoms with Gasteiger partial charge in [0.05, 0.1) is 24.3 Å². The summed E-state index contributed by atoms with van der Waals surface area (Å²) < 4.78 is 10.6. The fraction of sp³-hybridized carbons (Fsp3) is 0.619. The largest absolute Gasteiger partial charge is 0.462 e. The fourth-order valence-corrected chi connectivity index (χ4v) is 5.67. The summed E-state index contributed by atoms with van der Waals surface area (Å²) >= 11 is 0.